The van der Waals surface area contributed by atoms with E-state index in [2.05, 4.69) is 9.98 Å². The van der Waals surface area contributed by atoms with Gasteiger partial charge in [-0.2, -0.15) is 0 Å². The molecule has 0 aromatic carbocycles. The Kier molecular flexibility index (Phi) is 4.73. The Morgan fingerprint density at radius 1 is 1.27 bits per heavy atom. The highest BCUT2D eigenvalue weighted by atomic mass is 32.2. The summed E-state index contributed by atoms with van der Waals surface area (Å²) in [4.78, 5) is 35.0. The van der Waals surface area contributed by atoms with Crippen LogP contribution in [0.25, 0.3) is 0 Å². The van der Waals surface area contributed by atoms with Gasteiger partial charge in [-0.1, -0.05) is 36.1 Å². The standard InChI is InChI=1S/C18H17N3O3S2/c1-10(2)21-16(22)14(25-18(21)23)9-11-7-8-15(24-11)26-17-19-12-5-3-4-6-13(12)20-17/h3-12,15H,1-2H3/b14-9-. The zero-order valence-electron chi connectivity index (χ0n) is 14.2. The monoisotopic (exact) mass is 387 g/mol. The number of allylic oxidation sites excluding steroid dienone is 2. The van der Waals surface area contributed by atoms with Gasteiger partial charge in [0, 0.05) is 6.04 Å². The molecule has 0 saturated carbocycles. The molecular weight excluding hydrogens is 370 g/mol. The highest BCUT2D eigenvalue weighted by Gasteiger charge is 2.37. The van der Waals surface area contributed by atoms with E-state index in [4.69, 9.17) is 4.74 Å². The SMILES string of the molecule is CC(C)N1C(=O)S/C(=C\C2C=CC(SC3=NC4C=CC=CC4=N3)O2)C1=O. The number of imide groups is 1. The van der Waals surface area contributed by atoms with Crippen molar-refractivity contribution in [3.63, 3.8) is 0 Å². The van der Waals surface area contributed by atoms with Gasteiger partial charge in [-0.3, -0.25) is 14.5 Å². The second kappa shape index (κ2) is 7.02. The van der Waals surface area contributed by atoms with Gasteiger partial charge in [0.15, 0.2) is 5.17 Å². The van der Waals surface area contributed by atoms with Crippen molar-refractivity contribution >= 4 is 45.5 Å². The Morgan fingerprint density at radius 3 is 2.85 bits per heavy atom. The van der Waals surface area contributed by atoms with E-state index in [1.807, 2.05) is 50.3 Å². The number of carbonyl (C=O) groups is 2. The van der Waals surface area contributed by atoms with Crippen molar-refractivity contribution in [2.75, 3.05) is 0 Å². The molecule has 2 amide bonds. The predicted octanol–water partition coefficient (Wildman–Crippen LogP) is 3.29. The Bertz CT molecular complexity index is 839. The molecule has 134 valence electrons. The lowest BCUT2D eigenvalue weighted by Crippen LogP contribution is -2.34. The van der Waals surface area contributed by atoms with Crippen LogP contribution in [-0.2, 0) is 9.53 Å². The molecule has 3 aliphatic heterocycles. The average molecular weight is 387 g/mol. The van der Waals surface area contributed by atoms with Crippen LogP contribution in [0, 0.1) is 0 Å². The van der Waals surface area contributed by atoms with Gasteiger partial charge >= 0.3 is 0 Å². The first kappa shape index (κ1) is 17.5. The van der Waals surface area contributed by atoms with E-state index in [9.17, 15) is 9.59 Å². The van der Waals surface area contributed by atoms with Gasteiger partial charge in [-0.05, 0) is 43.8 Å². The van der Waals surface area contributed by atoms with Crippen LogP contribution >= 0.6 is 23.5 Å². The van der Waals surface area contributed by atoms with Crippen LogP contribution < -0.4 is 0 Å². The Hall–Kier alpha value is -1.90. The van der Waals surface area contributed by atoms with Gasteiger partial charge in [0.2, 0.25) is 0 Å². The number of carbonyl (C=O) groups excluding carboxylic acids is 2. The summed E-state index contributed by atoms with van der Waals surface area (Å²) in [5, 5.41) is 0.459. The molecule has 0 radical (unpaired) electrons. The lowest BCUT2D eigenvalue weighted by molar-refractivity contribution is -0.123. The summed E-state index contributed by atoms with van der Waals surface area (Å²) in [7, 11) is 0. The molecule has 8 heteroatoms. The van der Waals surface area contributed by atoms with Crippen LogP contribution in [0.15, 0.2) is 57.4 Å². The highest BCUT2D eigenvalue weighted by Crippen LogP contribution is 2.34. The van der Waals surface area contributed by atoms with Crippen LogP contribution in [0.3, 0.4) is 0 Å². The Labute approximate surface area is 159 Å². The summed E-state index contributed by atoms with van der Waals surface area (Å²) in [6, 6.07) is -0.144. The minimum atomic E-state index is -0.337. The summed E-state index contributed by atoms with van der Waals surface area (Å²) in [5.41, 5.74) is 0.724. The fraction of sp³-hybridized carbons (Fsp3) is 0.333. The maximum absolute atomic E-state index is 12.3. The first-order valence-corrected chi connectivity index (χ1v) is 10.00. The van der Waals surface area contributed by atoms with Gasteiger partial charge in [0.25, 0.3) is 11.1 Å². The molecule has 1 fully saturated rings. The van der Waals surface area contributed by atoms with E-state index in [0.29, 0.717) is 10.1 Å². The van der Waals surface area contributed by atoms with Crippen molar-refractivity contribution in [2.45, 2.75) is 37.5 Å². The van der Waals surface area contributed by atoms with E-state index in [-0.39, 0.29) is 34.8 Å². The van der Waals surface area contributed by atoms with Crippen molar-refractivity contribution in [2.24, 2.45) is 9.98 Å². The number of aliphatic imine (C=N–C) groups is 2. The van der Waals surface area contributed by atoms with Crippen LogP contribution in [0.5, 0.6) is 0 Å². The zero-order valence-corrected chi connectivity index (χ0v) is 15.9. The molecule has 0 spiro atoms. The van der Waals surface area contributed by atoms with E-state index < -0.39 is 0 Å². The van der Waals surface area contributed by atoms with Crippen LogP contribution in [0.4, 0.5) is 4.79 Å². The number of hydrogen-bond acceptors (Lipinski definition) is 7. The van der Waals surface area contributed by atoms with Gasteiger partial charge in [-0.25, -0.2) is 9.98 Å². The van der Waals surface area contributed by atoms with E-state index >= 15 is 0 Å². The lowest BCUT2D eigenvalue weighted by atomic mass is 10.1. The van der Waals surface area contributed by atoms with E-state index in [0.717, 1.165) is 17.5 Å². The Morgan fingerprint density at radius 2 is 2.12 bits per heavy atom. The third kappa shape index (κ3) is 3.36. The third-order valence-corrected chi connectivity index (χ3v) is 5.89. The number of nitrogens with zero attached hydrogens (tertiary/aromatic N) is 3. The molecule has 3 unspecified atom stereocenters. The molecular formula is C18H17N3O3S2. The summed E-state index contributed by atoms with van der Waals surface area (Å²) < 4.78 is 5.91. The quantitative estimate of drug-likeness (QED) is 0.549. The number of hydrogen-bond donors (Lipinski definition) is 0. The molecule has 1 aliphatic carbocycles. The molecule has 0 N–H and O–H groups in total. The topological polar surface area (TPSA) is 71.3 Å². The largest absolute Gasteiger partial charge is 0.352 e. The summed E-state index contributed by atoms with van der Waals surface area (Å²) in [6.07, 6.45) is 13.1. The summed E-state index contributed by atoms with van der Waals surface area (Å²) in [5.74, 6) is -0.252. The smallest absolute Gasteiger partial charge is 0.293 e. The Balaban J connectivity index is 1.38. The molecule has 0 bridgehead atoms. The maximum atomic E-state index is 12.3. The lowest BCUT2D eigenvalue weighted by Gasteiger charge is -2.16. The number of amidine groups is 1. The maximum Gasteiger partial charge on any atom is 0.293 e. The molecule has 6 nitrogen and oxygen atoms in total. The number of amides is 2. The van der Waals surface area contributed by atoms with Crippen molar-refractivity contribution in [3.8, 4) is 0 Å². The molecule has 26 heavy (non-hydrogen) atoms. The molecule has 4 aliphatic rings. The van der Waals surface area contributed by atoms with Crippen molar-refractivity contribution in [1.29, 1.82) is 0 Å². The summed E-state index contributed by atoms with van der Waals surface area (Å²) in [6.45, 7) is 3.65. The van der Waals surface area contributed by atoms with Gasteiger partial charge < -0.3 is 4.74 Å². The van der Waals surface area contributed by atoms with Crippen molar-refractivity contribution in [3.05, 3.63) is 47.4 Å². The van der Waals surface area contributed by atoms with Crippen molar-refractivity contribution in [1.82, 2.24) is 4.90 Å². The van der Waals surface area contributed by atoms with E-state index in [1.165, 1.54) is 16.7 Å². The molecule has 3 heterocycles. The second-order valence-electron chi connectivity index (χ2n) is 6.28. The molecule has 0 aromatic rings. The van der Waals surface area contributed by atoms with Crippen LogP contribution in [0.2, 0.25) is 0 Å². The molecule has 0 aromatic heterocycles. The fourth-order valence-electron chi connectivity index (χ4n) is 2.85. The average Bonchev–Trinajstić information content (AvgIpc) is 3.26. The number of thioether (sulfide) groups is 2. The molecule has 1 saturated heterocycles. The van der Waals surface area contributed by atoms with Gasteiger partial charge in [0.1, 0.15) is 11.5 Å². The predicted molar refractivity (Wildman–Crippen MR) is 105 cm³/mol. The van der Waals surface area contributed by atoms with E-state index in [1.54, 1.807) is 6.08 Å². The number of rotatable bonds is 3. The third-order valence-electron chi connectivity index (χ3n) is 4.08. The second-order valence-corrected chi connectivity index (χ2v) is 8.34. The normalized spacial score (nSPS) is 31.4. The number of fused-ring (bicyclic) bond motifs is 1. The fourth-order valence-corrected chi connectivity index (χ4v) is 4.71. The minimum Gasteiger partial charge on any atom is -0.352 e. The van der Waals surface area contributed by atoms with Crippen LogP contribution in [-0.4, -0.2) is 50.5 Å². The number of ether oxygens (including phenoxy) is 1. The first-order chi connectivity index (χ1) is 12.5. The molecule has 3 atom stereocenters. The van der Waals surface area contributed by atoms with Crippen molar-refractivity contribution < 1.29 is 14.3 Å². The minimum absolute atomic E-state index is 0.00587. The highest BCUT2D eigenvalue weighted by molar-refractivity contribution is 8.18. The first-order valence-electron chi connectivity index (χ1n) is 8.30. The van der Waals surface area contributed by atoms with Gasteiger partial charge in [-0.15, -0.1) is 0 Å². The van der Waals surface area contributed by atoms with Gasteiger partial charge in [0.05, 0.1) is 16.7 Å². The van der Waals surface area contributed by atoms with Crippen LogP contribution in [0.1, 0.15) is 13.8 Å². The summed E-state index contributed by atoms with van der Waals surface area (Å²) >= 11 is 2.40. The zero-order chi connectivity index (χ0) is 18.3. The molecule has 4 rings (SSSR count).